The zero-order chi connectivity index (χ0) is 12.7. The van der Waals surface area contributed by atoms with E-state index in [9.17, 15) is 4.39 Å². The lowest BCUT2D eigenvalue weighted by molar-refractivity contribution is 0.336. The molecule has 0 aromatic heterocycles. The van der Waals surface area contributed by atoms with Gasteiger partial charge in [-0.2, -0.15) is 0 Å². The van der Waals surface area contributed by atoms with Crippen LogP contribution in [0.25, 0.3) is 0 Å². The number of ether oxygens (including phenoxy) is 1. The average Bonchev–Trinajstić information content (AvgIpc) is 2.29. The van der Waals surface area contributed by atoms with Gasteiger partial charge < -0.3 is 10.1 Å². The molecule has 0 aliphatic heterocycles. The predicted octanol–water partition coefficient (Wildman–Crippen LogP) is 3.46. The van der Waals surface area contributed by atoms with Gasteiger partial charge in [0.15, 0.2) is 11.6 Å². The van der Waals surface area contributed by atoms with Gasteiger partial charge in [0.1, 0.15) is 6.61 Å². The lowest BCUT2D eigenvalue weighted by atomic mass is 10.2. The van der Waals surface area contributed by atoms with E-state index in [1.54, 1.807) is 12.1 Å². The maximum atomic E-state index is 13.6. The highest BCUT2D eigenvalue weighted by Crippen LogP contribution is 2.22. The van der Waals surface area contributed by atoms with Crippen LogP contribution in [0.15, 0.2) is 29.8 Å². The molecule has 0 aliphatic rings. The van der Waals surface area contributed by atoms with Crippen LogP contribution < -0.4 is 10.1 Å². The van der Waals surface area contributed by atoms with Crippen molar-refractivity contribution in [2.24, 2.45) is 0 Å². The first-order valence-corrected chi connectivity index (χ1v) is 5.97. The molecule has 0 fully saturated rings. The maximum absolute atomic E-state index is 13.6. The van der Waals surface area contributed by atoms with Crippen LogP contribution in [0.2, 0.25) is 0 Å². The molecule has 1 N–H and O–H groups in total. The predicted molar refractivity (Wildman–Crippen MR) is 68.9 cm³/mol. The number of benzene rings is 1. The SMILES string of the molecule is CC(C)NCc1cccc(F)c1OC/C=C/Cl. The van der Waals surface area contributed by atoms with Crippen molar-refractivity contribution in [2.45, 2.75) is 26.4 Å². The number of hydrogen-bond donors (Lipinski definition) is 1. The molecule has 0 unspecified atom stereocenters. The summed E-state index contributed by atoms with van der Waals surface area (Å²) in [4.78, 5) is 0. The fraction of sp³-hybridized carbons (Fsp3) is 0.385. The van der Waals surface area contributed by atoms with Crippen molar-refractivity contribution in [2.75, 3.05) is 6.61 Å². The van der Waals surface area contributed by atoms with Crippen molar-refractivity contribution in [3.63, 3.8) is 0 Å². The van der Waals surface area contributed by atoms with Crippen molar-refractivity contribution in [3.05, 3.63) is 41.2 Å². The van der Waals surface area contributed by atoms with E-state index < -0.39 is 0 Å². The Labute approximate surface area is 106 Å². The normalized spacial score (nSPS) is 11.4. The summed E-state index contributed by atoms with van der Waals surface area (Å²) in [6.45, 7) is 4.92. The monoisotopic (exact) mass is 257 g/mol. The summed E-state index contributed by atoms with van der Waals surface area (Å²) in [5, 5.41) is 3.23. The van der Waals surface area contributed by atoms with Crippen LogP contribution in [0, 0.1) is 5.82 Å². The standard InChI is InChI=1S/C13H17ClFNO/c1-10(2)16-9-11-5-3-6-12(15)13(11)17-8-4-7-14/h3-7,10,16H,8-9H2,1-2H3/b7-4+. The minimum Gasteiger partial charge on any atom is -0.486 e. The summed E-state index contributed by atoms with van der Waals surface area (Å²) in [6, 6.07) is 5.25. The van der Waals surface area contributed by atoms with Crippen molar-refractivity contribution in [3.8, 4) is 5.75 Å². The average molecular weight is 258 g/mol. The zero-order valence-corrected chi connectivity index (χ0v) is 10.8. The molecule has 17 heavy (non-hydrogen) atoms. The van der Waals surface area contributed by atoms with Crippen LogP contribution in [0.4, 0.5) is 4.39 Å². The van der Waals surface area contributed by atoms with E-state index >= 15 is 0 Å². The summed E-state index contributed by atoms with van der Waals surface area (Å²) in [5.41, 5.74) is 2.16. The highest BCUT2D eigenvalue weighted by molar-refractivity contribution is 6.25. The summed E-state index contributed by atoms with van der Waals surface area (Å²) in [6.07, 6.45) is 1.62. The van der Waals surface area contributed by atoms with E-state index in [4.69, 9.17) is 16.3 Å². The molecule has 0 aliphatic carbocycles. The molecular weight excluding hydrogens is 241 g/mol. The van der Waals surface area contributed by atoms with Crippen LogP contribution in [0.3, 0.4) is 0 Å². The van der Waals surface area contributed by atoms with Gasteiger partial charge >= 0.3 is 0 Å². The van der Waals surface area contributed by atoms with Gasteiger partial charge in [0, 0.05) is 23.7 Å². The quantitative estimate of drug-likeness (QED) is 0.843. The van der Waals surface area contributed by atoms with Gasteiger partial charge in [0.2, 0.25) is 0 Å². The Bertz CT molecular complexity index is 380. The summed E-state index contributed by atoms with van der Waals surface area (Å²) in [5.74, 6) is -0.0635. The highest BCUT2D eigenvalue weighted by Gasteiger charge is 2.09. The third-order valence-electron chi connectivity index (χ3n) is 2.16. The Morgan fingerprint density at radius 2 is 2.24 bits per heavy atom. The third-order valence-corrected chi connectivity index (χ3v) is 2.34. The number of rotatable bonds is 6. The van der Waals surface area contributed by atoms with Gasteiger partial charge in [0.25, 0.3) is 0 Å². The lowest BCUT2D eigenvalue weighted by Gasteiger charge is -2.13. The van der Waals surface area contributed by atoms with E-state index in [2.05, 4.69) is 5.32 Å². The first-order valence-electron chi connectivity index (χ1n) is 5.54. The highest BCUT2D eigenvalue weighted by atomic mass is 35.5. The number of halogens is 2. The van der Waals surface area contributed by atoms with Crippen LogP contribution >= 0.6 is 11.6 Å². The van der Waals surface area contributed by atoms with Gasteiger partial charge in [-0.1, -0.05) is 37.6 Å². The molecule has 94 valence electrons. The second kappa shape index (κ2) is 7.30. The summed E-state index contributed by atoms with van der Waals surface area (Å²) >= 11 is 5.38. The molecule has 1 aromatic carbocycles. The van der Waals surface area contributed by atoms with Crippen molar-refractivity contribution in [1.82, 2.24) is 5.32 Å². The van der Waals surface area contributed by atoms with E-state index in [-0.39, 0.29) is 18.2 Å². The van der Waals surface area contributed by atoms with E-state index in [1.165, 1.54) is 11.6 Å². The maximum Gasteiger partial charge on any atom is 0.165 e. The number of hydrogen-bond acceptors (Lipinski definition) is 2. The molecule has 0 radical (unpaired) electrons. The molecule has 0 spiro atoms. The van der Waals surface area contributed by atoms with Gasteiger partial charge in [-0.25, -0.2) is 4.39 Å². The van der Waals surface area contributed by atoms with Crippen LogP contribution in [-0.4, -0.2) is 12.6 Å². The van der Waals surface area contributed by atoms with Gasteiger partial charge in [-0.05, 0) is 12.1 Å². The van der Waals surface area contributed by atoms with Crippen LogP contribution in [0.5, 0.6) is 5.75 Å². The number of para-hydroxylation sites is 1. The van der Waals surface area contributed by atoms with E-state index in [0.717, 1.165) is 5.56 Å². The van der Waals surface area contributed by atoms with E-state index in [0.29, 0.717) is 12.6 Å². The molecule has 0 atom stereocenters. The Kier molecular flexibility index (Phi) is 6.01. The largest absolute Gasteiger partial charge is 0.486 e. The fourth-order valence-electron chi connectivity index (χ4n) is 1.34. The van der Waals surface area contributed by atoms with Crippen LogP contribution in [0.1, 0.15) is 19.4 Å². The molecule has 4 heteroatoms. The lowest BCUT2D eigenvalue weighted by Crippen LogP contribution is -2.22. The van der Waals surface area contributed by atoms with E-state index in [1.807, 2.05) is 19.9 Å². The molecule has 1 aromatic rings. The molecule has 0 saturated heterocycles. The minimum atomic E-state index is -0.351. The molecule has 0 heterocycles. The summed E-state index contributed by atoms with van der Waals surface area (Å²) < 4.78 is 18.9. The van der Waals surface area contributed by atoms with Crippen molar-refractivity contribution in [1.29, 1.82) is 0 Å². The zero-order valence-electron chi connectivity index (χ0n) is 10.0. The molecule has 1 rings (SSSR count). The van der Waals surface area contributed by atoms with Crippen molar-refractivity contribution >= 4 is 11.6 Å². The van der Waals surface area contributed by atoms with Gasteiger partial charge in [0.05, 0.1) is 0 Å². The van der Waals surface area contributed by atoms with Crippen molar-refractivity contribution < 1.29 is 9.13 Å². The Balaban J connectivity index is 2.76. The van der Waals surface area contributed by atoms with Gasteiger partial charge in [-0.15, -0.1) is 0 Å². The van der Waals surface area contributed by atoms with Gasteiger partial charge in [-0.3, -0.25) is 0 Å². The Morgan fingerprint density at radius 3 is 2.88 bits per heavy atom. The summed E-state index contributed by atoms with van der Waals surface area (Å²) in [7, 11) is 0. The molecular formula is C13H17ClFNO. The molecule has 0 bridgehead atoms. The first kappa shape index (κ1) is 14.0. The smallest absolute Gasteiger partial charge is 0.165 e. The molecule has 0 amide bonds. The molecule has 0 saturated carbocycles. The molecule has 2 nitrogen and oxygen atoms in total. The van der Waals surface area contributed by atoms with Crippen LogP contribution in [-0.2, 0) is 6.54 Å². The third kappa shape index (κ3) is 4.75. The first-order chi connectivity index (χ1) is 8.15. The minimum absolute atomic E-state index is 0.263. The Morgan fingerprint density at radius 1 is 1.47 bits per heavy atom. The topological polar surface area (TPSA) is 21.3 Å². The second-order valence-corrected chi connectivity index (χ2v) is 4.19. The fourth-order valence-corrected chi connectivity index (χ4v) is 1.41. The Hall–Kier alpha value is -1.06. The number of nitrogens with one attached hydrogen (secondary N) is 1. The second-order valence-electron chi connectivity index (χ2n) is 3.94.